The summed E-state index contributed by atoms with van der Waals surface area (Å²) in [6.45, 7) is 8.44. The van der Waals surface area contributed by atoms with Crippen molar-refractivity contribution in [2.24, 2.45) is 0 Å². The van der Waals surface area contributed by atoms with Gasteiger partial charge in [0.2, 0.25) is 0 Å². The second kappa shape index (κ2) is 11.1. The molecule has 0 aliphatic rings. The molecule has 0 aliphatic carbocycles. The lowest BCUT2D eigenvalue weighted by molar-refractivity contribution is -0.0644. The van der Waals surface area contributed by atoms with Crippen LogP contribution in [-0.2, 0) is 11.2 Å². The Balaban J connectivity index is 2.50. The van der Waals surface area contributed by atoms with Gasteiger partial charge in [-0.2, -0.15) is 0 Å². The molecule has 0 saturated heterocycles. The van der Waals surface area contributed by atoms with Gasteiger partial charge in [0, 0.05) is 17.9 Å². The summed E-state index contributed by atoms with van der Waals surface area (Å²) in [5, 5.41) is 7.51. The SMILES string of the molecule is CC#Cc1ccc(C)c(-c2cc(C(C)C(F)(F)COC(=N)CC)ccc2CCCC)c1. The van der Waals surface area contributed by atoms with Gasteiger partial charge < -0.3 is 4.74 Å². The predicted molar refractivity (Wildman–Crippen MR) is 125 cm³/mol. The number of halogens is 2. The van der Waals surface area contributed by atoms with Gasteiger partial charge in [-0.3, -0.25) is 5.41 Å². The van der Waals surface area contributed by atoms with Gasteiger partial charge in [0.25, 0.3) is 5.92 Å². The summed E-state index contributed by atoms with van der Waals surface area (Å²) >= 11 is 0. The van der Waals surface area contributed by atoms with E-state index in [4.69, 9.17) is 10.1 Å². The Morgan fingerprint density at radius 3 is 2.52 bits per heavy atom. The number of ether oxygens (including phenoxy) is 1. The monoisotopic (exact) mass is 425 g/mol. The van der Waals surface area contributed by atoms with Crippen LogP contribution in [-0.4, -0.2) is 18.4 Å². The zero-order chi connectivity index (χ0) is 23.0. The number of unbranched alkanes of at least 4 members (excludes halogenated alkanes) is 1. The average Bonchev–Trinajstić information content (AvgIpc) is 2.77. The van der Waals surface area contributed by atoms with Gasteiger partial charge in [-0.15, -0.1) is 5.92 Å². The van der Waals surface area contributed by atoms with E-state index >= 15 is 0 Å². The Kier molecular flexibility index (Phi) is 8.80. The Morgan fingerprint density at radius 1 is 1.13 bits per heavy atom. The van der Waals surface area contributed by atoms with Crippen molar-refractivity contribution in [3.05, 3.63) is 58.7 Å². The Hall–Kier alpha value is -2.67. The van der Waals surface area contributed by atoms with E-state index in [9.17, 15) is 8.78 Å². The number of benzene rings is 2. The van der Waals surface area contributed by atoms with E-state index in [1.807, 2.05) is 37.3 Å². The molecule has 1 unspecified atom stereocenters. The van der Waals surface area contributed by atoms with Crippen LogP contribution in [0.15, 0.2) is 36.4 Å². The maximum absolute atomic E-state index is 14.8. The zero-order valence-corrected chi connectivity index (χ0v) is 19.2. The number of nitrogens with one attached hydrogen (secondary N) is 1. The third-order valence-electron chi connectivity index (χ3n) is 5.62. The first-order valence-corrected chi connectivity index (χ1v) is 11.0. The highest BCUT2D eigenvalue weighted by Gasteiger charge is 2.39. The van der Waals surface area contributed by atoms with Crippen LogP contribution < -0.4 is 0 Å². The minimum atomic E-state index is -3.08. The van der Waals surface area contributed by atoms with Crippen LogP contribution in [0, 0.1) is 24.2 Å². The summed E-state index contributed by atoms with van der Waals surface area (Å²) in [5.74, 6) is 1.80. The molecule has 4 heteroatoms. The quantitative estimate of drug-likeness (QED) is 0.251. The molecule has 0 radical (unpaired) electrons. The Morgan fingerprint density at radius 2 is 1.87 bits per heavy atom. The molecule has 31 heavy (non-hydrogen) atoms. The number of aryl methyl sites for hydroxylation is 2. The largest absolute Gasteiger partial charge is 0.475 e. The topological polar surface area (TPSA) is 33.1 Å². The van der Waals surface area contributed by atoms with Crippen LogP contribution in [0.2, 0.25) is 0 Å². The fraction of sp³-hybridized carbons (Fsp3) is 0.444. The number of hydrogen-bond donors (Lipinski definition) is 1. The van der Waals surface area contributed by atoms with Crippen molar-refractivity contribution in [1.29, 1.82) is 5.41 Å². The second-order valence-electron chi connectivity index (χ2n) is 7.97. The van der Waals surface area contributed by atoms with Crippen molar-refractivity contribution in [3.63, 3.8) is 0 Å². The lowest BCUT2D eigenvalue weighted by Gasteiger charge is -2.25. The van der Waals surface area contributed by atoms with Crippen LogP contribution in [0.3, 0.4) is 0 Å². The molecular weight excluding hydrogens is 392 g/mol. The maximum atomic E-state index is 14.8. The first-order valence-electron chi connectivity index (χ1n) is 11.0. The van der Waals surface area contributed by atoms with Crippen molar-refractivity contribution in [1.82, 2.24) is 0 Å². The van der Waals surface area contributed by atoms with Gasteiger partial charge in [0.15, 0.2) is 12.5 Å². The molecule has 2 aromatic carbocycles. The fourth-order valence-corrected chi connectivity index (χ4v) is 3.49. The lowest BCUT2D eigenvalue weighted by Crippen LogP contribution is -2.31. The average molecular weight is 426 g/mol. The van der Waals surface area contributed by atoms with Crippen molar-refractivity contribution in [2.45, 2.75) is 72.1 Å². The molecule has 0 saturated carbocycles. The van der Waals surface area contributed by atoms with Gasteiger partial charge in [0.1, 0.15) is 0 Å². The number of rotatable bonds is 9. The molecule has 0 amide bonds. The van der Waals surface area contributed by atoms with E-state index in [1.54, 1.807) is 13.8 Å². The van der Waals surface area contributed by atoms with Crippen molar-refractivity contribution >= 4 is 5.90 Å². The van der Waals surface area contributed by atoms with E-state index in [2.05, 4.69) is 24.8 Å². The summed E-state index contributed by atoms with van der Waals surface area (Å²) in [5.41, 5.74) is 5.77. The van der Waals surface area contributed by atoms with Crippen molar-refractivity contribution < 1.29 is 13.5 Å². The summed E-state index contributed by atoms with van der Waals surface area (Å²) in [6.07, 6.45) is 3.31. The standard InChI is InChI=1S/C27H33F2NO/c1-6-9-11-22-14-15-23(20(5)27(28,29)18-31-26(30)8-3)17-25(22)24-16-21(10-7-2)13-12-19(24)4/h12-17,20,30H,6,8-9,11,18H2,1-5H3. The van der Waals surface area contributed by atoms with Crippen LogP contribution in [0.1, 0.15) is 75.1 Å². The van der Waals surface area contributed by atoms with Crippen LogP contribution in [0.4, 0.5) is 8.78 Å². The molecule has 0 bridgehead atoms. The van der Waals surface area contributed by atoms with Gasteiger partial charge in [-0.1, -0.05) is 57.4 Å². The molecule has 2 rings (SSSR count). The molecule has 2 aromatic rings. The van der Waals surface area contributed by atoms with Gasteiger partial charge in [0.05, 0.1) is 0 Å². The molecule has 0 aliphatic heterocycles. The van der Waals surface area contributed by atoms with Crippen LogP contribution >= 0.6 is 0 Å². The number of alkyl halides is 2. The predicted octanol–water partition coefficient (Wildman–Crippen LogP) is 7.52. The molecule has 0 spiro atoms. The highest BCUT2D eigenvalue weighted by molar-refractivity contribution is 5.73. The molecule has 2 nitrogen and oxygen atoms in total. The van der Waals surface area contributed by atoms with Gasteiger partial charge in [-0.05, 0) is 66.6 Å². The van der Waals surface area contributed by atoms with E-state index in [-0.39, 0.29) is 5.90 Å². The van der Waals surface area contributed by atoms with E-state index in [0.29, 0.717) is 12.0 Å². The Bertz CT molecular complexity index is 969. The maximum Gasteiger partial charge on any atom is 0.287 e. The first-order chi connectivity index (χ1) is 14.7. The molecule has 0 fully saturated rings. The third-order valence-corrected chi connectivity index (χ3v) is 5.62. The summed E-state index contributed by atoms with van der Waals surface area (Å²) in [4.78, 5) is 0. The van der Waals surface area contributed by atoms with Crippen molar-refractivity contribution in [2.75, 3.05) is 6.61 Å². The van der Waals surface area contributed by atoms with Crippen molar-refractivity contribution in [3.8, 4) is 23.0 Å². The second-order valence-corrected chi connectivity index (χ2v) is 7.97. The summed E-state index contributed by atoms with van der Waals surface area (Å²) in [6, 6.07) is 11.8. The van der Waals surface area contributed by atoms with E-state index in [0.717, 1.165) is 47.1 Å². The molecular formula is C27H33F2NO. The molecule has 0 aromatic heterocycles. The highest BCUT2D eigenvalue weighted by Crippen LogP contribution is 2.37. The Labute approximate surface area is 185 Å². The van der Waals surface area contributed by atoms with Crippen LogP contribution in [0.25, 0.3) is 11.1 Å². The van der Waals surface area contributed by atoms with E-state index in [1.165, 1.54) is 6.92 Å². The smallest absolute Gasteiger partial charge is 0.287 e. The minimum Gasteiger partial charge on any atom is -0.475 e. The molecule has 0 heterocycles. The molecule has 166 valence electrons. The third kappa shape index (κ3) is 6.40. The normalized spacial score (nSPS) is 12.1. The fourth-order valence-electron chi connectivity index (χ4n) is 3.49. The zero-order valence-electron chi connectivity index (χ0n) is 19.2. The summed E-state index contributed by atoms with van der Waals surface area (Å²) < 4.78 is 34.7. The molecule has 1 N–H and O–H groups in total. The molecule has 1 atom stereocenters. The highest BCUT2D eigenvalue weighted by atomic mass is 19.3. The van der Waals surface area contributed by atoms with Gasteiger partial charge >= 0.3 is 0 Å². The number of hydrogen-bond acceptors (Lipinski definition) is 2. The van der Waals surface area contributed by atoms with E-state index < -0.39 is 18.4 Å². The van der Waals surface area contributed by atoms with Crippen LogP contribution in [0.5, 0.6) is 0 Å². The lowest BCUT2D eigenvalue weighted by atomic mass is 9.86. The summed E-state index contributed by atoms with van der Waals surface area (Å²) in [7, 11) is 0. The first kappa shape index (κ1) is 24.6. The van der Waals surface area contributed by atoms with Gasteiger partial charge in [-0.25, -0.2) is 8.78 Å². The minimum absolute atomic E-state index is 0.119.